The van der Waals surface area contributed by atoms with Crippen LogP contribution in [0.3, 0.4) is 0 Å². The number of aromatic nitrogens is 2. The second kappa shape index (κ2) is 15.0. The van der Waals surface area contributed by atoms with E-state index < -0.39 is 52.8 Å². The molecule has 0 saturated carbocycles. The summed E-state index contributed by atoms with van der Waals surface area (Å²) in [5.74, 6) is -1.72. The Kier molecular flexibility index (Phi) is 15.9. The monoisotopic (exact) mass is 614 g/mol. The summed E-state index contributed by atoms with van der Waals surface area (Å²) in [6, 6.07) is 5.61. The number of aromatic carboxylic acids is 1. The number of H-pyrrole nitrogens is 1. The smallest absolute Gasteiger partial charge is 0.744 e. The van der Waals surface area contributed by atoms with Gasteiger partial charge in [0.05, 0.1) is 32.8 Å². The van der Waals surface area contributed by atoms with Crippen LogP contribution >= 0.6 is 0 Å². The van der Waals surface area contributed by atoms with E-state index >= 15 is 0 Å². The van der Waals surface area contributed by atoms with E-state index in [-0.39, 0.29) is 129 Å². The van der Waals surface area contributed by atoms with Crippen molar-refractivity contribution in [3.05, 3.63) is 63.6 Å². The number of nitrogens with one attached hydrogen (secondary N) is 1. The third-order valence-electron chi connectivity index (χ3n) is 4.47. The average Bonchev–Trinajstić information content (AvgIpc) is 2.98. The number of aryl methyl sites for hydroxylation is 2. The molecule has 0 fully saturated rings. The van der Waals surface area contributed by atoms with Crippen LogP contribution in [0.1, 0.15) is 21.6 Å². The van der Waals surface area contributed by atoms with Gasteiger partial charge in [-0.15, -0.1) is 10.2 Å². The van der Waals surface area contributed by atoms with Gasteiger partial charge in [-0.25, -0.2) is 21.5 Å². The van der Waals surface area contributed by atoms with Crippen LogP contribution in [0.4, 0.5) is 11.4 Å². The van der Waals surface area contributed by atoms with Crippen LogP contribution < -0.4 is 99.3 Å². The molecular formula is C18H13CrN4Na3O9S2. The molecule has 19 heteroatoms. The van der Waals surface area contributed by atoms with Crippen molar-refractivity contribution in [2.45, 2.75) is 23.6 Å². The van der Waals surface area contributed by atoms with Gasteiger partial charge in [-0.2, -0.15) is 0 Å². The van der Waals surface area contributed by atoms with Gasteiger partial charge in [-0.05, 0) is 55.8 Å². The fourth-order valence-corrected chi connectivity index (χ4v) is 3.93. The van der Waals surface area contributed by atoms with Gasteiger partial charge in [0, 0.05) is 22.9 Å². The zero-order valence-corrected chi connectivity index (χ0v) is 29.1. The number of rotatable bonds is 6. The first-order chi connectivity index (χ1) is 15.2. The first-order valence-corrected chi connectivity index (χ1v) is 11.6. The van der Waals surface area contributed by atoms with Gasteiger partial charge in [0.25, 0.3) is 5.56 Å². The normalized spacial score (nSPS) is 11.0. The largest absolute Gasteiger partial charge is 1.00 e. The number of hydrogen-bond donors (Lipinski definition) is 1. The van der Waals surface area contributed by atoms with E-state index in [4.69, 9.17) is 0 Å². The molecule has 3 rings (SSSR count). The molecule has 180 valence electrons. The summed E-state index contributed by atoms with van der Waals surface area (Å²) in [7, 11) is -9.62. The Labute approximate surface area is 288 Å². The van der Waals surface area contributed by atoms with Crippen molar-refractivity contribution in [2.24, 2.45) is 10.2 Å². The molecule has 0 atom stereocenters. The van der Waals surface area contributed by atoms with Gasteiger partial charge in [-0.1, -0.05) is 0 Å². The third-order valence-corrected chi connectivity index (χ3v) is 6.14. The molecule has 1 aromatic heterocycles. The molecule has 2 aromatic carbocycles. The summed E-state index contributed by atoms with van der Waals surface area (Å²) in [6.45, 7) is 2.91. The van der Waals surface area contributed by atoms with Crippen molar-refractivity contribution in [3.8, 4) is 5.69 Å². The molecule has 0 spiro atoms. The van der Waals surface area contributed by atoms with Crippen LogP contribution in [0.2, 0.25) is 0 Å². The zero-order valence-electron chi connectivity index (χ0n) is 20.2. The third kappa shape index (κ3) is 9.20. The minimum Gasteiger partial charge on any atom is -0.744 e. The fourth-order valence-electron chi connectivity index (χ4n) is 2.89. The number of aromatic amines is 1. The standard InChI is InChI=1S/C18H16N4O9S2.Cr.3Na/c1-9-7-11(32(26,27)28)4-6-15(9)22-17(23)16(10(2)21-22)20-19-14-8-12(33(29,30)31)3-5-13(14)18(24)25;;;;/h3-8,21H,1-2H3,(H,24,25)(H,26,27,28)(H,29,30,31);;;;/q;;3*+1/p-3. The molecule has 0 amide bonds. The number of carboxylic acid groups (broad SMARTS) is 1. The molecule has 0 saturated heterocycles. The van der Waals surface area contributed by atoms with Crippen molar-refractivity contribution in [2.75, 3.05) is 0 Å². The molecule has 3 aromatic rings. The van der Waals surface area contributed by atoms with Crippen molar-refractivity contribution >= 4 is 37.6 Å². The predicted molar refractivity (Wildman–Crippen MR) is 107 cm³/mol. The summed E-state index contributed by atoms with van der Waals surface area (Å²) in [5, 5.41) is 21.3. The van der Waals surface area contributed by atoms with Gasteiger partial charge in [0.2, 0.25) is 0 Å². The quantitative estimate of drug-likeness (QED) is 0.158. The molecule has 37 heavy (non-hydrogen) atoms. The Morgan fingerprint density at radius 2 is 1.41 bits per heavy atom. The van der Waals surface area contributed by atoms with E-state index in [1.165, 1.54) is 19.9 Å². The average molecular weight is 614 g/mol. The van der Waals surface area contributed by atoms with Crippen molar-refractivity contribution in [1.82, 2.24) is 9.78 Å². The van der Waals surface area contributed by atoms with Crippen LogP contribution in [0, 0.1) is 13.8 Å². The number of benzene rings is 2. The molecule has 13 nitrogen and oxygen atoms in total. The van der Waals surface area contributed by atoms with Gasteiger partial charge < -0.3 is 19.0 Å². The molecule has 1 N–H and O–H groups in total. The van der Waals surface area contributed by atoms with Crippen molar-refractivity contribution < 1.29 is 142 Å². The number of azo groups is 1. The molecule has 1 heterocycles. The molecular weight excluding hydrogens is 601 g/mol. The fraction of sp³-hybridized carbons (Fsp3) is 0.111. The van der Waals surface area contributed by atoms with Gasteiger partial charge in [0.1, 0.15) is 20.2 Å². The molecule has 0 radical (unpaired) electrons. The maximum atomic E-state index is 12.8. The van der Waals surface area contributed by atoms with Crippen LogP contribution in [0.25, 0.3) is 5.69 Å². The predicted octanol–water partition coefficient (Wildman–Crippen LogP) is -8.62. The molecule has 0 aliphatic carbocycles. The van der Waals surface area contributed by atoms with E-state index in [2.05, 4.69) is 15.3 Å². The SMILES string of the molecule is Cc1cc(S(=O)(=O)[O-])ccc1-n1[nH]c(C)c(N=Nc2cc(S(=O)(=O)[O-])ccc2C(=O)[O-])c1=O.[Cr].[Na+].[Na+].[Na+]. The van der Waals surface area contributed by atoms with Crippen molar-refractivity contribution in [1.29, 1.82) is 0 Å². The van der Waals surface area contributed by atoms with Crippen LogP contribution in [-0.4, -0.2) is 41.7 Å². The number of hydrogen-bond acceptors (Lipinski definition) is 11. The van der Waals surface area contributed by atoms with E-state index in [9.17, 15) is 40.6 Å². The Morgan fingerprint density at radius 1 is 0.892 bits per heavy atom. The zero-order chi connectivity index (χ0) is 24.7. The number of nitrogens with zero attached hydrogens (tertiary/aromatic N) is 3. The molecule has 0 bridgehead atoms. The number of carbonyl (C=O) groups excluding carboxylic acids is 1. The first kappa shape index (κ1) is 39.0. The number of carboxylic acids is 1. The van der Waals surface area contributed by atoms with E-state index in [0.717, 1.165) is 28.9 Å². The molecule has 0 unspecified atom stereocenters. The Morgan fingerprint density at radius 3 is 1.89 bits per heavy atom. The van der Waals surface area contributed by atoms with Crippen molar-refractivity contribution in [3.63, 3.8) is 0 Å². The minimum absolute atomic E-state index is 0. The number of carbonyl (C=O) groups is 1. The summed E-state index contributed by atoms with van der Waals surface area (Å²) in [4.78, 5) is 22.8. The summed E-state index contributed by atoms with van der Waals surface area (Å²) >= 11 is 0. The van der Waals surface area contributed by atoms with E-state index in [1.807, 2.05) is 0 Å². The summed E-state index contributed by atoms with van der Waals surface area (Å²) in [5.41, 5.74) is -1.50. The Hall–Kier alpha value is -0.128. The second-order valence-corrected chi connectivity index (χ2v) is 9.51. The first-order valence-electron chi connectivity index (χ1n) is 8.81. The van der Waals surface area contributed by atoms with Gasteiger partial charge in [-0.3, -0.25) is 9.89 Å². The topological polar surface area (TPSA) is 217 Å². The van der Waals surface area contributed by atoms with Gasteiger partial charge in [0.15, 0.2) is 5.69 Å². The maximum absolute atomic E-state index is 12.8. The Balaban J connectivity index is 0. The Bertz CT molecular complexity index is 1600. The van der Waals surface area contributed by atoms with Crippen LogP contribution in [0.5, 0.6) is 0 Å². The van der Waals surface area contributed by atoms with Crippen LogP contribution in [-0.2, 0) is 37.6 Å². The summed E-state index contributed by atoms with van der Waals surface area (Å²) < 4.78 is 68.2. The van der Waals surface area contributed by atoms with Crippen LogP contribution in [0.15, 0.2) is 61.2 Å². The minimum atomic E-state index is -4.92. The maximum Gasteiger partial charge on any atom is 1.00 e. The van der Waals surface area contributed by atoms with E-state index in [0.29, 0.717) is 6.07 Å². The molecule has 0 aliphatic heterocycles. The van der Waals surface area contributed by atoms with E-state index in [1.54, 1.807) is 0 Å². The summed E-state index contributed by atoms with van der Waals surface area (Å²) in [6.07, 6.45) is 0. The molecule has 0 aliphatic rings. The second-order valence-electron chi connectivity index (χ2n) is 6.75. The van der Waals surface area contributed by atoms with Gasteiger partial charge >= 0.3 is 88.7 Å².